The van der Waals surface area contributed by atoms with Crippen LogP contribution in [0.5, 0.6) is 0 Å². The summed E-state index contributed by atoms with van der Waals surface area (Å²) in [6.45, 7) is 3.52. The van der Waals surface area contributed by atoms with E-state index in [-0.39, 0.29) is 12.2 Å². The Morgan fingerprint density at radius 3 is 2.00 bits per heavy atom. The van der Waals surface area contributed by atoms with Gasteiger partial charge in [-0.15, -0.1) is 0 Å². The van der Waals surface area contributed by atoms with Crippen molar-refractivity contribution in [2.24, 2.45) is 0 Å². The van der Waals surface area contributed by atoms with Crippen LogP contribution in [-0.2, 0) is 5.41 Å². The van der Waals surface area contributed by atoms with E-state index in [2.05, 4.69) is 0 Å². The Balaban J connectivity index is 2.26. The van der Waals surface area contributed by atoms with Crippen molar-refractivity contribution < 1.29 is 17.6 Å². The maximum atomic E-state index is 13.0. The van der Waals surface area contributed by atoms with E-state index in [0.717, 1.165) is 5.56 Å². The Hall–Kier alpha value is -1.32. The molecule has 0 atom stereocenters. The van der Waals surface area contributed by atoms with Crippen LogP contribution < -0.4 is 0 Å². The summed E-state index contributed by atoms with van der Waals surface area (Å²) < 4.78 is 51.9. The standard InChI is InChI=1S/C15H16F4/c1-14(2,11-5-7-12(16)8-6-11)9-13(10-3-4-10)15(17,18)19/h5-8H,3-4,9H2,1-2H3. The van der Waals surface area contributed by atoms with E-state index >= 15 is 0 Å². The lowest BCUT2D eigenvalue weighted by atomic mass is 9.78. The molecule has 0 N–H and O–H groups in total. The Kier molecular flexibility index (Phi) is 3.45. The van der Waals surface area contributed by atoms with Crippen LogP contribution in [-0.4, -0.2) is 6.18 Å². The third-order valence-electron chi connectivity index (χ3n) is 3.51. The Morgan fingerprint density at radius 1 is 1.05 bits per heavy atom. The molecule has 1 saturated carbocycles. The Labute approximate surface area is 110 Å². The van der Waals surface area contributed by atoms with Gasteiger partial charge in [0, 0.05) is 5.57 Å². The highest BCUT2D eigenvalue weighted by Gasteiger charge is 2.41. The van der Waals surface area contributed by atoms with Gasteiger partial charge in [-0.3, -0.25) is 0 Å². The van der Waals surface area contributed by atoms with Gasteiger partial charge in [0.05, 0.1) is 0 Å². The van der Waals surface area contributed by atoms with Crippen LogP contribution in [0, 0.1) is 5.82 Å². The van der Waals surface area contributed by atoms with Gasteiger partial charge >= 0.3 is 6.18 Å². The molecule has 0 nitrogen and oxygen atoms in total. The number of benzene rings is 1. The highest BCUT2D eigenvalue weighted by Crippen LogP contribution is 2.45. The fourth-order valence-corrected chi connectivity index (χ4v) is 2.24. The van der Waals surface area contributed by atoms with Gasteiger partial charge in [-0.1, -0.05) is 31.6 Å². The molecule has 0 unspecified atom stereocenters. The zero-order valence-corrected chi connectivity index (χ0v) is 10.9. The summed E-state index contributed by atoms with van der Waals surface area (Å²) in [6, 6.07) is 5.69. The summed E-state index contributed by atoms with van der Waals surface area (Å²) in [5.74, 6) is -0.379. The molecule has 0 spiro atoms. The molecule has 1 aromatic carbocycles. The minimum atomic E-state index is -4.26. The summed E-state index contributed by atoms with van der Waals surface area (Å²) in [5.41, 5.74) is 0.176. The van der Waals surface area contributed by atoms with Crippen LogP contribution in [0.2, 0.25) is 0 Å². The lowest BCUT2D eigenvalue weighted by Crippen LogP contribution is -2.24. The molecular formula is C15H16F4. The number of alkyl halides is 3. The molecular weight excluding hydrogens is 256 g/mol. The molecule has 1 fully saturated rings. The first-order valence-electron chi connectivity index (χ1n) is 6.24. The zero-order chi connectivity index (χ0) is 14.3. The molecule has 0 bridgehead atoms. The number of hydrogen-bond acceptors (Lipinski definition) is 0. The number of hydrogen-bond donors (Lipinski definition) is 0. The molecule has 0 radical (unpaired) electrons. The average Bonchev–Trinajstić information content (AvgIpc) is 3.09. The molecule has 1 aliphatic carbocycles. The van der Waals surface area contributed by atoms with Crippen molar-refractivity contribution in [3.05, 3.63) is 46.8 Å². The molecule has 1 aliphatic rings. The lowest BCUT2D eigenvalue weighted by molar-refractivity contribution is -0.0959. The van der Waals surface area contributed by atoms with Crippen LogP contribution in [0.15, 0.2) is 35.4 Å². The highest BCUT2D eigenvalue weighted by atomic mass is 19.4. The van der Waals surface area contributed by atoms with Crippen molar-refractivity contribution in [3.8, 4) is 0 Å². The minimum Gasteiger partial charge on any atom is -0.207 e. The molecule has 2 rings (SSSR count). The van der Waals surface area contributed by atoms with Crippen LogP contribution >= 0.6 is 0 Å². The fourth-order valence-electron chi connectivity index (χ4n) is 2.24. The van der Waals surface area contributed by atoms with Gasteiger partial charge in [-0.25, -0.2) is 4.39 Å². The van der Waals surface area contributed by atoms with Crippen LogP contribution in [0.3, 0.4) is 0 Å². The second kappa shape index (κ2) is 4.66. The van der Waals surface area contributed by atoms with E-state index in [1.807, 2.05) is 0 Å². The van der Waals surface area contributed by atoms with E-state index in [4.69, 9.17) is 0 Å². The summed E-state index contributed by atoms with van der Waals surface area (Å²) >= 11 is 0. The second-order valence-corrected chi connectivity index (χ2v) is 5.65. The van der Waals surface area contributed by atoms with Crippen molar-refractivity contribution in [1.29, 1.82) is 0 Å². The van der Waals surface area contributed by atoms with E-state index in [0.29, 0.717) is 18.4 Å². The normalized spacial score (nSPS) is 15.6. The van der Waals surface area contributed by atoms with Gasteiger partial charge in [0.2, 0.25) is 0 Å². The predicted molar refractivity (Wildman–Crippen MR) is 66.4 cm³/mol. The van der Waals surface area contributed by atoms with Crippen LogP contribution in [0.4, 0.5) is 17.6 Å². The molecule has 104 valence electrons. The summed E-state index contributed by atoms with van der Waals surface area (Å²) in [6.07, 6.45) is -3.22. The van der Waals surface area contributed by atoms with E-state index < -0.39 is 17.2 Å². The first kappa shape index (κ1) is 14.1. The highest BCUT2D eigenvalue weighted by molar-refractivity contribution is 5.33. The Bertz CT molecular complexity index is 486. The van der Waals surface area contributed by atoms with Crippen LogP contribution in [0.25, 0.3) is 0 Å². The SMILES string of the molecule is CC(C)(CC(=C1CC1)C(F)(F)F)c1ccc(F)cc1. The predicted octanol–water partition coefficient (Wildman–Crippen LogP) is 5.15. The third-order valence-corrected chi connectivity index (χ3v) is 3.51. The minimum absolute atomic E-state index is 0.0581. The number of rotatable bonds is 3. The maximum absolute atomic E-state index is 13.0. The number of allylic oxidation sites excluding steroid dienone is 2. The molecule has 0 heterocycles. The largest absolute Gasteiger partial charge is 0.412 e. The molecule has 0 aliphatic heterocycles. The van der Waals surface area contributed by atoms with Gasteiger partial charge in [-0.05, 0) is 42.4 Å². The summed E-state index contributed by atoms with van der Waals surface area (Å²) in [7, 11) is 0. The fraction of sp³-hybridized carbons (Fsp3) is 0.467. The smallest absolute Gasteiger partial charge is 0.207 e. The first-order valence-corrected chi connectivity index (χ1v) is 6.24. The van der Waals surface area contributed by atoms with E-state index in [1.54, 1.807) is 26.0 Å². The molecule has 19 heavy (non-hydrogen) atoms. The van der Waals surface area contributed by atoms with Gasteiger partial charge in [0.25, 0.3) is 0 Å². The first-order chi connectivity index (χ1) is 8.70. The monoisotopic (exact) mass is 272 g/mol. The van der Waals surface area contributed by atoms with E-state index in [9.17, 15) is 17.6 Å². The Morgan fingerprint density at radius 2 is 1.58 bits per heavy atom. The van der Waals surface area contributed by atoms with E-state index in [1.165, 1.54) is 12.1 Å². The second-order valence-electron chi connectivity index (χ2n) is 5.65. The molecule has 4 heteroatoms. The summed E-state index contributed by atoms with van der Waals surface area (Å²) in [5, 5.41) is 0. The topological polar surface area (TPSA) is 0 Å². The zero-order valence-electron chi connectivity index (χ0n) is 10.9. The lowest BCUT2D eigenvalue weighted by Gasteiger charge is -2.27. The molecule has 1 aromatic rings. The molecule has 0 saturated heterocycles. The van der Waals surface area contributed by atoms with Crippen molar-refractivity contribution >= 4 is 0 Å². The van der Waals surface area contributed by atoms with Gasteiger partial charge in [0.1, 0.15) is 5.82 Å². The van der Waals surface area contributed by atoms with Gasteiger partial charge in [0.15, 0.2) is 0 Å². The number of halogens is 4. The van der Waals surface area contributed by atoms with Crippen molar-refractivity contribution in [2.45, 2.75) is 44.7 Å². The van der Waals surface area contributed by atoms with Crippen LogP contribution in [0.1, 0.15) is 38.7 Å². The van der Waals surface area contributed by atoms with Crippen molar-refractivity contribution in [2.75, 3.05) is 0 Å². The maximum Gasteiger partial charge on any atom is 0.412 e. The van der Waals surface area contributed by atoms with Gasteiger partial charge < -0.3 is 0 Å². The summed E-state index contributed by atoms with van der Waals surface area (Å²) in [4.78, 5) is 0. The average molecular weight is 272 g/mol. The third kappa shape index (κ3) is 3.37. The molecule has 0 amide bonds. The molecule has 0 aromatic heterocycles. The quantitative estimate of drug-likeness (QED) is 0.527. The van der Waals surface area contributed by atoms with Gasteiger partial charge in [-0.2, -0.15) is 13.2 Å². The van der Waals surface area contributed by atoms with Crippen molar-refractivity contribution in [3.63, 3.8) is 0 Å². The van der Waals surface area contributed by atoms with Crippen molar-refractivity contribution in [1.82, 2.24) is 0 Å².